The Labute approximate surface area is 175 Å². The van der Waals surface area contributed by atoms with Crippen LogP contribution in [0.3, 0.4) is 0 Å². The van der Waals surface area contributed by atoms with Crippen molar-refractivity contribution in [2.24, 2.45) is 0 Å². The van der Waals surface area contributed by atoms with E-state index in [1.54, 1.807) is 0 Å². The molecule has 0 aromatic carbocycles. The number of unbranched alkanes of at least 4 members (excludes halogenated alkanes) is 14. The van der Waals surface area contributed by atoms with Crippen LogP contribution in [0.25, 0.3) is 0 Å². The van der Waals surface area contributed by atoms with Gasteiger partial charge in [0.05, 0.1) is 27.2 Å². The summed E-state index contributed by atoms with van der Waals surface area (Å²) in [5, 5.41) is 0. The smallest absolute Gasteiger partial charge is 0.328 e. The lowest BCUT2D eigenvalue weighted by atomic mass is 10.1. The number of phosphoric acid groups is 1. The molecule has 0 radical (unpaired) electrons. The zero-order chi connectivity index (χ0) is 21.7. The maximum atomic E-state index is 8.88. The summed E-state index contributed by atoms with van der Waals surface area (Å²) >= 11 is 0. The summed E-state index contributed by atoms with van der Waals surface area (Å²) in [6, 6.07) is 0. The molecule has 0 spiro atoms. The Kier molecular flexibility index (Phi) is 22.0. The van der Waals surface area contributed by atoms with Crippen LogP contribution in [0.1, 0.15) is 117 Å². The molecule has 0 amide bonds. The Morgan fingerprint density at radius 1 is 0.536 bits per heavy atom. The Morgan fingerprint density at radius 2 is 0.750 bits per heavy atom. The lowest BCUT2D eigenvalue weighted by Crippen LogP contribution is -2.41. The van der Waals surface area contributed by atoms with Gasteiger partial charge >= 0.3 is 7.82 Å². The Hall–Kier alpha value is 0.0700. The van der Waals surface area contributed by atoms with Crippen LogP contribution in [-0.2, 0) is 4.57 Å². The molecule has 5 nitrogen and oxygen atoms in total. The molecule has 172 valence electrons. The third kappa shape index (κ3) is 33.6. The summed E-state index contributed by atoms with van der Waals surface area (Å²) in [6.45, 7) is 7.36. The molecular weight excluding hydrogens is 373 g/mol. The molecule has 0 aliphatic heterocycles. The second kappa shape index (κ2) is 20.3. The lowest BCUT2D eigenvalue weighted by molar-refractivity contribution is -0.890. The highest BCUT2D eigenvalue weighted by Crippen LogP contribution is 2.25. The van der Waals surface area contributed by atoms with Gasteiger partial charge < -0.3 is 19.2 Å². The maximum Gasteiger partial charge on any atom is 0.466 e. The molecular formula is C22H51NO4P+. The summed E-state index contributed by atoms with van der Waals surface area (Å²) in [6.07, 6.45) is 23.0. The van der Waals surface area contributed by atoms with Crippen LogP contribution in [0.2, 0.25) is 0 Å². The first-order valence-electron chi connectivity index (χ1n) is 11.7. The van der Waals surface area contributed by atoms with Crippen molar-refractivity contribution in [3.63, 3.8) is 0 Å². The molecule has 0 saturated heterocycles. The molecule has 0 aromatic heterocycles. The minimum atomic E-state index is -4.64. The standard InChI is InChI=1S/C22H48N.H3O4P/c1-5-7-9-11-13-14-16-18-20-22-23(3,4)21-19-17-15-12-10-8-6-2;1-5(2,3)4/h5-22H2,1-4H3;(H3,1,2,3,4)/q+1;. The van der Waals surface area contributed by atoms with Gasteiger partial charge in [0.1, 0.15) is 0 Å². The van der Waals surface area contributed by atoms with Gasteiger partial charge in [0, 0.05) is 0 Å². The van der Waals surface area contributed by atoms with Gasteiger partial charge in [-0.15, -0.1) is 0 Å². The highest BCUT2D eigenvalue weighted by atomic mass is 31.2. The van der Waals surface area contributed by atoms with Crippen LogP contribution in [-0.4, -0.2) is 46.3 Å². The van der Waals surface area contributed by atoms with E-state index in [2.05, 4.69) is 27.9 Å². The fraction of sp³-hybridized carbons (Fsp3) is 1.00. The monoisotopic (exact) mass is 424 g/mol. The van der Waals surface area contributed by atoms with Crippen LogP contribution < -0.4 is 0 Å². The number of rotatable bonds is 18. The van der Waals surface area contributed by atoms with Crippen LogP contribution in [0.5, 0.6) is 0 Å². The minimum absolute atomic E-state index is 1.24. The number of hydrogen-bond acceptors (Lipinski definition) is 1. The van der Waals surface area contributed by atoms with E-state index >= 15 is 0 Å². The van der Waals surface area contributed by atoms with Gasteiger partial charge in [-0.2, -0.15) is 0 Å². The molecule has 28 heavy (non-hydrogen) atoms. The number of nitrogens with zero attached hydrogens (tertiary/aromatic N) is 1. The van der Waals surface area contributed by atoms with E-state index in [-0.39, 0.29) is 0 Å². The third-order valence-corrected chi connectivity index (χ3v) is 5.23. The molecule has 3 N–H and O–H groups in total. The van der Waals surface area contributed by atoms with Crippen molar-refractivity contribution in [1.82, 2.24) is 0 Å². The van der Waals surface area contributed by atoms with Crippen molar-refractivity contribution in [2.75, 3.05) is 27.2 Å². The van der Waals surface area contributed by atoms with Gasteiger partial charge in [0.2, 0.25) is 0 Å². The fourth-order valence-corrected chi connectivity index (χ4v) is 3.46. The zero-order valence-electron chi connectivity index (χ0n) is 19.4. The van der Waals surface area contributed by atoms with Crippen LogP contribution in [0, 0.1) is 0 Å². The fourth-order valence-electron chi connectivity index (χ4n) is 3.46. The molecule has 0 aliphatic carbocycles. The molecule has 0 bridgehead atoms. The zero-order valence-corrected chi connectivity index (χ0v) is 20.3. The first-order chi connectivity index (χ1) is 13.1. The maximum absolute atomic E-state index is 8.88. The van der Waals surface area contributed by atoms with Crippen LogP contribution in [0.4, 0.5) is 0 Å². The van der Waals surface area contributed by atoms with E-state index < -0.39 is 7.82 Å². The number of hydrogen-bond donors (Lipinski definition) is 3. The summed E-state index contributed by atoms with van der Waals surface area (Å²) < 4.78 is 10.1. The molecule has 0 unspecified atom stereocenters. The van der Waals surface area contributed by atoms with Gasteiger partial charge in [0.15, 0.2) is 0 Å². The second-order valence-corrected chi connectivity index (χ2v) is 9.87. The topological polar surface area (TPSA) is 77.8 Å². The molecule has 0 fully saturated rings. The third-order valence-electron chi connectivity index (χ3n) is 5.23. The van der Waals surface area contributed by atoms with E-state index in [0.717, 1.165) is 0 Å². The predicted octanol–water partition coefficient (Wildman–Crippen LogP) is 6.42. The van der Waals surface area contributed by atoms with Gasteiger partial charge in [-0.05, 0) is 25.7 Å². The van der Waals surface area contributed by atoms with Gasteiger partial charge in [0.25, 0.3) is 0 Å². The Balaban J connectivity index is 0. The van der Waals surface area contributed by atoms with Crippen LogP contribution in [0.15, 0.2) is 0 Å². The Morgan fingerprint density at radius 3 is 1.00 bits per heavy atom. The van der Waals surface area contributed by atoms with Crippen molar-refractivity contribution in [2.45, 2.75) is 117 Å². The van der Waals surface area contributed by atoms with Crippen LogP contribution >= 0.6 is 7.82 Å². The van der Waals surface area contributed by atoms with Crippen molar-refractivity contribution in [1.29, 1.82) is 0 Å². The first-order valence-corrected chi connectivity index (χ1v) is 13.3. The quantitative estimate of drug-likeness (QED) is 0.135. The minimum Gasteiger partial charge on any atom is -0.328 e. The second-order valence-electron chi connectivity index (χ2n) is 8.85. The molecule has 6 heteroatoms. The molecule has 0 aromatic rings. The molecule has 0 heterocycles. The average Bonchev–Trinajstić information content (AvgIpc) is 2.58. The summed E-state index contributed by atoms with van der Waals surface area (Å²) in [4.78, 5) is 21.6. The van der Waals surface area contributed by atoms with Gasteiger partial charge in [-0.25, -0.2) is 4.57 Å². The van der Waals surface area contributed by atoms with Crippen molar-refractivity contribution in [3.05, 3.63) is 0 Å². The van der Waals surface area contributed by atoms with E-state index in [0.29, 0.717) is 0 Å². The van der Waals surface area contributed by atoms with E-state index in [4.69, 9.17) is 19.2 Å². The average molecular weight is 425 g/mol. The van der Waals surface area contributed by atoms with Gasteiger partial charge in [-0.3, -0.25) is 0 Å². The highest BCUT2D eigenvalue weighted by Gasteiger charge is 2.13. The summed E-state index contributed by atoms with van der Waals surface area (Å²) in [5.41, 5.74) is 0. The highest BCUT2D eigenvalue weighted by molar-refractivity contribution is 7.45. The summed E-state index contributed by atoms with van der Waals surface area (Å²) in [5.74, 6) is 0. The summed E-state index contributed by atoms with van der Waals surface area (Å²) in [7, 11) is 0.226. The van der Waals surface area contributed by atoms with E-state index in [1.807, 2.05) is 0 Å². The Bertz CT molecular complexity index is 350. The molecule has 0 aliphatic rings. The molecule has 0 saturated carbocycles. The van der Waals surface area contributed by atoms with E-state index in [9.17, 15) is 0 Å². The van der Waals surface area contributed by atoms with Crippen molar-refractivity contribution >= 4 is 7.82 Å². The van der Waals surface area contributed by atoms with E-state index in [1.165, 1.54) is 120 Å². The first kappa shape index (κ1) is 30.3. The largest absolute Gasteiger partial charge is 0.466 e. The van der Waals surface area contributed by atoms with Crippen molar-refractivity contribution < 1.29 is 23.7 Å². The normalized spacial score (nSPS) is 12.0. The SMILES string of the molecule is CCCCCCCCCCC[N+](C)(C)CCCCCCCCC.O=P(O)(O)O. The van der Waals surface area contributed by atoms with Crippen molar-refractivity contribution in [3.8, 4) is 0 Å². The predicted molar refractivity (Wildman–Crippen MR) is 121 cm³/mol. The number of quaternary nitrogens is 1. The van der Waals surface area contributed by atoms with Gasteiger partial charge in [-0.1, -0.05) is 90.9 Å². The molecule has 0 rings (SSSR count). The lowest BCUT2D eigenvalue weighted by Gasteiger charge is -2.30. The molecule has 0 atom stereocenters.